The molecular formula is C26H26BNO6. The Balaban J connectivity index is 1.50. The highest BCUT2D eigenvalue weighted by Crippen LogP contribution is 2.44. The van der Waals surface area contributed by atoms with Gasteiger partial charge in [0, 0.05) is 11.6 Å². The van der Waals surface area contributed by atoms with E-state index in [0.29, 0.717) is 0 Å². The molecule has 0 atom stereocenters. The third kappa shape index (κ3) is 5.14. The number of amides is 1. The van der Waals surface area contributed by atoms with Gasteiger partial charge in [-0.05, 0) is 66.7 Å². The lowest BCUT2D eigenvalue weighted by molar-refractivity contribution is 0.00695. The normalized spacial score (nSPS) is 12.5. The van der Waals surface area contributed by atoms with Crippen LogP contribution >= 0.6 is 0 Å². The van der Waals surface area contributed by atoms with Crippen LogP contribution in [0.15, 0.2) is 66.7 Å². The number of hydrogen-bond acceptors (Lipinski definition) is 6. The summed E-state index contributed by atoms with van der Waals surface area (Å²) in [5, 5.41) is 21.8. The number of carbonyl (C=O) groups is 2. The van der Waals surface area contributed by atoms with Crippen LogP contribution in [-0.2, 0) is 9.47 Å². The maximum Gasteiger partial charge on any atom is 0.488 e. The van der Waals surface area contributed by atoms with Gasteiger partial charge in [-0.1, -0.05) is 48.5 Å². The van der Waals surface area contributed by atoms with E-state index in [4.69, 9.17) is 9.47 Å². The molecule has 1 aliphatic rings. The van der Waals surface area contributed by atoms with E-state index >= 15 is 0 Å². The van der Waals surface area contributed by atoms with Crippen LogP contribution in [0.4, 0.5) is 10.5 Å². The van der Waals surface area contributed by atoms with Crippen molar-refractivity contribution in [2.75, 3.05) is 11.9 Å². The van der Waals surface area contributed by atoms with Crippen molar-refractivity contribution in [3.8, 4) is 11.1 Å². The molecule has 1 amide bonds. The van der Waals surface area contributed by atoms with Crippen LogP contribution in [0.3, 0.4) is 0 Å². The maximum absolute atomic E-state index is 12.6. The lowest BCUT2D eigenvalue weighted by Crippen LogP contribution is -2.32. The number of ether oxygens (including phenoxy) is 2. The van der Waals surface area contributed by atoms with Crippen molar-refractivity contribution in [3.63, 3.8) is 0 Å². The molecule has 3 aromatic rings. The van der Waals surface area contributed by atoms with E-state index in [1.165, 1.54) is 18.2 Å². The minimum absolute atomic E-state index is 0.0392. The van der Waals surface area contributed by atoms with E-state index in [2.05, 4.69) is 17.4 Å². The van der Waals surface area contributed by atoms with Gasteiger partial charge in [0.1, 0.15) is 12.2 Å². The molecule has 7 nitrogen and oxygen atoms in total. The van der Waals surface area contributed by atoms with Crippen molar-refractivity contribution in [2.24, 2.45) is 0 Å². The number of nitrogens with one attached hydrogen (secondary N) is 1. The predicted molar refractivity (Wildman–Crippen MR) is 130 cm³/mol. The van der Waals surface area contributed by atoms with Crippen LogP contribution in [-0.4, -0.2) is 41.4 Å². The zero-order valence-electron chi connectivity index (χ0n) is 19.2. The average molecular weight is 459 g/mol. The standard InChI is InChI=1S/C26H26BNO6/c1-26(2,3)34-24(29)16-12-17(27(31)32)14-18(13-16)28-25(30)33-15-23-21-10-6-4-8-19(21)20-9-5-7-11-22(20)23/h4-14,23,31-32H,15H2,1-3H3,(H,28,30). The zero-order chi connectivity index (χ0) is 24.5. The summed E-state index contributed by atoms with van der Waals surface area (Å²) in [6.07, 6.45) is -0.721. The lowest BCUT2D eigenvalue weighted by atomic mass is 9.79. The van der Waals surface area contributed by atoms with Crippen LogP contribution in [0, 0.1) is 0 Å². The van der Waals surface area contributed by atoms with Gasteiger partial charge in [0.05, 0.1) is 5.56 Å². The molecule has 0 radical (unpaired) electrons. The molecule has 1 aliphatic carbocycles. The fourth-order valence-electron chi connectivity index (χ4n) is 4.08. The molecule has 8 heteroatoms. The molecule has 174 valence electrons. The second-order valence-corrected chi connectivity index (χ2v) is 9.17. The largest absolute Gasteiger partial charge is 0.488 e. The molecule has 0 saturated heterocycles. The Labute approximate surface area is 198 Å². The Hall–Kier alpha value is -3.62. The van der Waals surface area contributed by atoms with Crippen LogP contribution in [0.2, 0.25) is 0 Å². The van der Waals surface area contributed by atoms with Crippen molar-refractivity contribution in [3.05, 3.63) is 83.4 Å². The average Bonchev–Trinajstić information content (AvgIpc) is 3.10. The first-order chi connectivity index (χ1) is 16.1. The SMILES string of the molecule is CC(C)(C)OC(=O)c1cc(NC(=O)OCC2c3ccccc3-c3ccccc32)cc(B(O)O)c1. The second-order valence-electron chi connectivity index (χ2n) is 9.17. The molecule has 0 aliphatic heterocycles. The van der Waals surface area contributed by atoms with Crippen LogP contribution < -0.4 is 10.8 Å². The summed E-state index contributed by atoms with van der Waals surface area (Å²) < 4.78 is 10.9. The summed E-state index contributed by atoms with van der Waals surface area (Å²) in [5.74, 6) is -0.744. The molecule has 0 bridgehead atoms. The fourth-order valence-corrected chi connectivity index (χ4v) is 4.08. The zero-order valence-corrected chi connectivity index (χ0v) is 19.2. The van der Waals surface area contributed by atoms with Crippen molar-refractivity contribution in [2.45, 2.75) is 32.3 Å². The van der Waals surface area contributed by atoms with Crippen LogP contribution in [0.1, 0.15) is 48.2 Å². The Morgan fingerprint density at radius 3 is 2.09 bits per heavy atom. The summed E-state index contributed by atoms with van der Waals surface area (Å²) in [4.78, 5) is 25.1. The van der Waals surface area contributed by atoms with Gasteiger partial charge in [-0.15, -0.1) is 0 Å². The van der Waals surface area contributed by atoms with Crippen molar-refractivity contribution in [1.29, 1.82) is 0 Å². The Morgan fingerprint density at radius 1 is 0.941 bits per heavy atom. The highest BCUT2D eigenvalue weighted by molar-refractivity contribution is 6.58. The van der Waals surface area contributed by atoms with E-state index < -0.39 is 24.8 Å². The van der Waals surface area contributed by atoms with E-state index in [9.17, 15) is 19.6 Å². The first kappa shape index (κ1) is 23.5. The van der Waals surface area contributed by atoms with Gasteiger partial charge >= 0.3 is 19.2 Å². The molecule has 3 N–H and O–H groups in total. The van der Waals surface area contributed by atoms with Gasteiger partial charge in [-0.2, -0.15) is 0 Å². The Kier molecular flexibility index (Phi) is 6.46. The summed E-state index contributed by atoms with van der Waals surface area (Å²) in [6.45, 7) is 5.31. The van der Waals surface area contributed by atoms with Gasteiger partial charge in [0.2, 0.25) is 0 Å². The van der Waals surface area contributed by atoms with E-state index in [1.54, 1.807) is 20.8 Å². The molecule has 0 unspecified atom stereocenters. The van der Waals surface area contributed by atoms with Gasteiger partial charge in [-0.25, -0.2) is 9.59 Å². The van der Waals surface area contributed by atoms with Crippen LogP contribution in [0.5, 0.6) is 0 Å². The number of hydrogen-bond donors (Lipinski definition) is 3. The molecule has 3 aromatic carbocycles. The van der Waals surface area contributed by atoms with Crippen molar-refractivity contribution >= 4 is 30.3 Å². The Bertz CT molecular complexity index is 1190. The summed E-state index contributed by atoms with van der Waals surface area (Å²) in [5.41, 5.74) is 4.00. The molecule has 0 fully saturated rings. The van der Waals surface area contributed by atoms with Gasteiger partial charge in [0.25, 0.3) is 0 Å². The Morgan fingerprint density at radius 2 is 1.53 bits per heavy atom. The first-order valence-electron chi connectivity index (χ1n) is 11.0. The molecule has 0 spiro atoms. The van der Waals surface area contributed by atoms with Gasteiger partial charge in [-0.3, -0.25) is 5.32 Å². The van der Waals surface area contributed by atoms with Gasteiger partial charge in [0.15, 0.2) is 0 Å². The topological polar surface area (TPSA) is 105 Å². The summed E-state index contributed by atoms with van der Waals surface area (Å²) in [7, 11) is -1.83. The van der Waals surface area contributed by atoms with E-state index in [1.807, 2.05) is 36.4 Å². The first-order valence-corrected chi connectivity index (χ1v) is 11.0. The fraction of sp³-hybridized carbons (Fsp3) is 0.231. The number of esters is 1. The smallest absolute Gasteiger partial charge is 0.456 e. The quantitative estimate of drug-likeness (QED) is 0.397. The molecule has 0 saturated carbocycles. The minimum atomic E-state index is -1.83. The highest BCUT2D eigenvalue weighted by atomic mass is 16.6. The maximum atomic E-state index is 12.6. The number of benzene rings is 3. The summed E-state index contributed by atoms with van der Waals surface area (Å²) in [6, 6.07) is 20.1. The third-order valence-corrected chi connectivity index (χ3v) is 5.48. The monoisotopic (exact) mass is 459 g/mol. The van der Waals surface area contributed by atoms with Gasteiger partial charge < -0.3 is 19.5 Å². The molecule has 0 aromatic heterocycles. The number of fused-ring (bicyclic) bond motifs is 3. The van der Waals surface area contributed by atoms with Crippen molar-refractivity contribution < 1.29 is 29.1 Å². The number of carbonyl (C=O) groups excluding carboxylic acids is 2. The minimum Gasteiger partial charge on any atom is -0.456 e. The summed E-state index contributed by atoms with van der Waals surface area (Å²) >= 11 is 0. The van der Waals surface area contributed by atoms with Crippen LogP contribution in [0.25, 0.3) is 11.1 Å². The van der Waals surface area contributed by atoms with Crippen molar-refractivity contribution in [1.82, 2.24) is 0 Å². The molecule has 0 heterocycles. The highest BCUT2D eigenvalue weighted by Gasteiger charge is 2.29. The predicted octanol–water partition coefficient (Wildman–Crippen LogP) is 3.68. The van der Waals surface area contributed by atoms with E-state index in [-0.39, 0.29) is 29.2 Å². The number of anilines is 1. The second kappa shape index (κ2) is 9.33. The van der Waals surface area contributed by atoms with E-state index in [0.717, 1.165) is 22.3 Å². The molecular weight excluding hydrogens is 433 g/mol. The third-order valence-electron chi connectivity index (χ3n) is 5.48. The molecule has 4 rings (SSSR count). The lowest BCUT2D eigenvalue weighted by Gasteiger charge is -2.20. The number of rotatable bonds is 5. The molecule has 34 heavy (non-hydrogen) atoms.